The lowest BCUT2D eigenvalue weighted by atomic mass is 9.71. The topological polar surface area (TPSA) is 82.1 Å². The number of hydrogen-bond acceptors (Lipinski definition) is 5. The number of carboxylic acid groups (broad SMARTS) is 1. The number of fused-ring (bicyclic) bond motifs is 1. The molecule has 0 aromatic heterocycles. The Morgan fingerprint density at radius 3 is 2.35 bits per heavy atom. The van der Waals surface area contributed by atoms with Crippen molar-refractivity contribution in [1.29, 1.82) is 0 Å². The predicted molar refractivity (Wildman–Crippen MR) is 130 cm³/mol. The van der Waals surface area contributed by atoms with Gasteiger partial charge in [-0.1, -0.05) is 44.9 Å². The van der Waals surface area contributed by atoms with Crippen LogP contribution in [-0.2, 0) is 11.2 Å². The van der Waals surface area contributed by atoms with Gasteiger partial charge in [0, 0.05) is 23.0 Å². The van der Waals surface area contributed by atoms with E-state index in [0.29, 0.717) is 30.1 Å². The van der Waals surface area contributed by atoms with Crippen LogP contribution >= 0.6 is 0 Å². The second kappa shape index (κ2) is 9.69. The Labute approximate surface area is 201 Å². The summed E-state index contributed by atoms with van der Waals surface area (Å²) in [6, 6.07) is 9.52. The standard InChI is InChI=1S/C28H34O6/c1-28(2,24(27(30)31)17-8-5-6-9-17)16-34-25-21(13-15-23(32-3)26(25)33-4)18-10-7-11-20-19(18)12-14-22(20)29/h7,10-11,13,15,17,24H,5-6,8-9,12,14,16H2,1-4H3,(H,30,31). The van der Waals surface area contributed by atoms with Gasteiger partial charge in [-0.05, 0) is 48.4 Å². The van der Waals surface area contributed by atoms with Crippen LogP contribution in [0.3, 0.4) is 0 Å². The van der Waals surface area contributed by atoms with Gasteiger partial charge in [-0.3, -0.25) is 9.59 Å². The highest BCUT2D eigenvalue weighted by molar-refractivity contribution is 6.02. The Morgan fingerprint density at radius 2 is 1.71 bits per heavy atom. The highest BCUT2D eigenvalue weighted by atomic mass is 16.5. The molecule has 2 aliphatic carbocycles. The molecule has 34 heavy (non-hydrogen) atoms. The minimum absolute atomic E-state index is 0.154. The smallest absolute Gasteiger partial charge is 0.307 e. The minimum atomic E-state index is -0.766. The summed E-state index contributed by atoms with van der Waals surface area (Å²) < 4.78 is 17.7. The molecule has 2 aromatic carbocycles. The van der Waals surface area contributed by atoms with Crippen LogP contribution in [0.15, 0.2) is 30.3 Å². The quantitative estimate of drug-likeness (QED) is 0.503. The minimum Gasteiger partial charge on any atom is -0.493 e. The summed E-state index contributed by atoms with van der Waals surface area (Å²) in [6.07, 6.45) is 5.24. The molecule has 1 atom stereocenters. The van der Waals surface area contributed by atoms with E-state index < -0.39 is 17.3 Å². The first-order valence-corrected chi connectivity index (χ1v) is 12.0. The summed E-state index contributed by atoms with van der Waals surface area (Å²) in [7, 11) is 3.14. The average Bonchev–Trinajstić information content (AvgIpc) is 3.46. The van der Waals surface area contributed by atoms with Gasteiger partial charge < -0.3 is 19.3 Å². The zero-order valence-electron chi connectivity index (χ0n) is 20.5. The molecule has 0 aliphatic heterocycles. The van der Waals surface area contributed by atoms with Crippen molar-refractivity contribution in [2.45, 2.75) is 52.4 Å². The van der Waals surface area contributed by atoms with Crippen LogP contribution in [0.4, 0.5) is 0 Å². The number of carbonyl (C=O) groups is 2. The number of carbonyl (C=O) groups excluding carboxylic acids is 1. The Kier molecular flexibility index (Phi) is 6.87. The summed E-state index contributed by atoms with van der Waals surface area (Å²) in [5, 5.41) is 10.1. The molecule has 2 aliphatic rings. The number of ether oxygens (including phenoxy) is 3. The highest BCUT2D eigenvalue weighted by Gasteiger charge is 2.43. The van der Waals surface area contributed by atoms with Crippen LogP contribution in [-0.4, -0.2) is 37.7 Å². The molecule has 0 radical (unpaired) electrons. The molecule has 0 spiro atoms. The van der Waals surface area contributed by atoms with Crippen molar-refractivity contribution >= 4 is 11.8 Å². The van der Waals surface area contributed by atoms with Gasteiger partial charge in [-0.2, -0.15) is 0 Å². The first-order chi connectivity index (χ1) is 16.3. The molecule has 1 saturated carbocycles. The molecular formula is C28H34O6. The van der Waals surface area contributed by atoms with E-state index in [4.69, 9.17) is 14.2 Å². The van der Waals surface area contributed by atoms with Gasteiger partial charge in [0.2, 0.25) is 5.75 Å². The van der Waals surface area contributed by atoms with E-state index in [2.05, 4.69) is 0 Å². The third-order valence-corrected chi connectivity index (χ3v) is 7.44. The van der Waals surface area contributed by atoms with Crippen LogP contribution in [0, 0.1) is 17.3 Å². The Morgan fingerprint density at radius 1 is 1.00 bits per heavy atom. The number of methoxy groups -OCH3 is 2. The van der Waals surface area contributed by atoms with Gasteiger partial charge >= 0.3 is 5.97 Å². The predicted octanol–water partition coefficient (Wildman–Crippen LogP) is 5.80. The molecule has 6 heteroatoms. The van der Waals surface area contributed by atoms with Crippen LogP contribution < -0.4 is 14.2 Å². The van der Waals surface area contributed by atoms with E-state index in [0.717, 1.165) is 47.9 Å². The van der Waals surface area contributed by atoms with E-state index in [1.807, 2.05) is 44.2 Å². The van der Waals surface area contributed by atoms with E-state index in [9.17, 15) is 14.7 Å². The number of carboxylic acids is 1. The first-order valence-electron chi connectivity index (χ1n) is 12.0. The maximum absolute atomic E-state index is 12.3. The van der Waals surface area contributed by atoms with Crippen molar-refractivity contribution in [2.24, 2.45) is 17.3 Å². The lowest BCUT2D eigenvalue weighted by Gasteiger charge is -2.35. The second-order valence-electron chi connectivity index (χ2n) is 10.1. The molecule has 2 aromatic rings. The fourth-order valence-corrected chi connectivity index (χ4v) is 5.81. The third-order valence-electron chi connectivity index (χ3n) is 7.44. The van der Waals surface area contributed by atoms with Crippen molar-refractivity contribution in [3.05, 3.63) is 41.5 Å². The number of aliphatic carboxylic acids is 1. The van der Waals surface area contributed by atoms with Crippen LogP contribution in [0.2, 0.25) is 0 Å². The lowest BCUT2D eigenvalue weighted by Crippen LogP contribution is -2.40. The molecule has 0 bridgehead atoms. The normalized spacial score (nSPS) is 16.9. The van der Waals surface area contributed by atoms with Crippen molar-refractivity contribution in [1.82, 2.24) is 0 Å². The maximum Gasteiger partial charge on any atom is 0.307 e. The molecule has 1 fully saturated rings. The number of Topliss-reactive ketones (excluding diaryl/α,β-unsaturated/α-hetero) is 1. The maximum atomic E-state index is 12.3. The molecule has 182 valence electrons. The molecule has 4 rings (SSSR count). The molecular weight excluding hydrogens is 432 g/mol. The van der Waals surface area contributed by atoms with Gasteiger partial charge in [0.25, 0.3) is 0 Å². The Bertz CT molecular complexity index is 1080. The zero-order valence-corrected chi connectivity index (χ0v) is 20.5. The van der Waals surface area contributed by atoms with Crippen molar-refractivity contribution < 1.29 is 28.9 Å². The van der Waals surface area contributed by atoms with Gasteiger partial charge in [0.1, 0.15) is 0 Å². The average molecular weight is 467 g/mol. The van der Waals surface area contributed by atoms with Crippen molar-refractivity contribution in [3.8, 4) is 28.4 Å². The van der Waals surface area contributed by atoms with Crippen molar-refractivity contribution in [2.75, 3.05) is 20.8 Å². The summed E-state index contributed by atoms with van der Waals surface area (Å²) in [5.74, 6) is 0.566. The van der Waals surface area contributed by atoms with Crippen LogP contribution in [0.1, 0.15) is 61.9 Å². The van der Waals surface area contributed by atoms with Crippen LogP contribution in [0.25, 0.3) is 11.1 Å². The summed E-state index contributed by atoms with van der Waals surface area (Å²) in [4.78, 5) is 24.6. The summed E-state index contributed by atoms with van der Waals surface area (Å²) in [5.41, 5.74) is 2.92. The monoisotopic (exact) mass is 466 g/mol. The number of benzene rings is 2. The zero-order chi connectivity index (χ0) is 24.5. The molecule has 0 amide bonds. The lowest BCUT2D eigenvalue weighted by molar-refractivity contribution is -0.149. The van der Waals surface area contributed by atoms with Gasteiger partial charge in [0.15, 0.2) is 17.3 Å². The fourth-order valence-electron chi connectivity index (χ4n) is 5.81. The van der Waals surface area contributed by atoms with E-state index >= 15 is 0 Å². The first kappa shape index (κ1) is 24.1. The Hall–Kier alpha value is -3.02. The number of ketones is 1. The Balaban J connectivity index is 1.74. The molecule has 1 N–H and O–H groups in total. The number of rotatable bonds is 9. The second-order valence-corrected chi connectivity index (χ2v) is 10.1. The van der Waals surface area contributed by atoms with Gasteiger partial charge in [-0.25, -0.2) is 0 Å². The van der Waals surface area contributed by atoms with Gasteiger partial charge in [0.05, 0.1) is 26.7 Å². The third kappa shape index (κ3) is 4.38. The van der Waals surface area contributed by atoms with Crippen molar-refractivity contribution in [3.63, 3.8) is 0 Å². The largest absolute Gasteiger partial charge is 0.493 e. The van der Waals surface area contributed by atoms with E-state index in [1.165, 1.54) is 0 Å². The molecule has 1 unspecified atom stereocenters. The SMILES string of the molecule is COc1ccc(-c2cccc3c2CCC3=O)c(OCC(C)(C)C(C(=O)O)C2CCCC2)c1OC. The molecule has 6 nitrogen and oxygen atoms in total. The summed E-state index contributed by atoms with van der Waals surface area (Å²) in [6.45, 7) is 4.15. The highest BCUT2D eigenvalue weighted by Crippen LogP contribution is 2.48. The molecule has 0 heterocycles. The van der Waals surface area contributed by atoms with E-state index in [-0.39, 0.29) is 18.3 Å². The summed E-state index contributed by atoms with van der Waals surface area (Å²) >= 11 is 0. The molecule has 0 saturated heterocycles. The number of hydrogen-bond donors (Lipinski definition) is 1. The van der Waals surface area contributed by atoms with Gasteiger partial charge in [-0.15, -0.1) is 0 Å². The fraction of sp³-hybridized carbons (Fsp3) is 0.500. The van der Waals surface area contributed by atoms with E-state index in [1.54, 1.807) is 14.2 Å². The van der Waals surface area contributed by atoms with Crippen LogP contribution in [0.5, 0.6) is 17.2 Å².